The number of nitrogens with zero attached hydrogens (tertiary/aromatic N) is 3. The van der Waals surface area contributed by atoms with Crippen molar-refractivity contribution in [3.63, 3.8) is 0 Å². The van der Waals surface area contributed by atoms with Crippen LogP contribution in [0.3, 0.4) is 0 Å². The first-order valence-corrected chi connectivity index (χ1v) is 5.68. The van der Waals surface area contributed by atoms with Gasteiger partial charge in [0.25, 0.3) is 0 Å². The van der Waals surface area contributed by atoms with Crippen LogP contribution >= 0.6 is 0 Å². The Morgan fingerprint density at radius 3 is 2.27 bits per heavy atom. The Balaban J connectivity index is 2.84. The predicted molar refractivity (Wildman–Crippen MR) is 62.7 cm³/mol. The van der Waals surface area contributed by atoms with Gasteiger partial charge in [-0.1, -0.05) is 39.8 Å². The number of hydrogen-bond acceptors (Lipinski definition) is 2. The molecule has 1 heterocycles. The Morgan fingerprint density at radius 2 is 1.93 bits per heavy atom. The summed E-state index contributed by atoms with van der Waals surface area (Å²) in [6.07, 6.45) is 3.17. The van der Waals surface area contributed by atoms with Crippen LogP contribution in [-0.4, -0.2) is 15.0 Å². The van der Waals surface area contributed by atoms with Crippen LogP contribution in [0.4, 0.5) is 0 Å². The molecule has 0 spiro atoms. The zero-order valence-corrected chi connectivity index (χ0v) is 10.8. The summed E-state index contributed by atoms with van der Waals surface area (Å²) >= 11 is 0. The normalized spacial score (nSPS) is 14.6. The van der Waals surface area contributed by atoms with E-state index in [1.807, 2.05) is 17.8 Å². The van der Waals surface area contributed by atoms with Crippen LogP contribution in [0.1, 0.15) is 52.8 Å². The monoisotopic (exact) mass is 209 g/mol. The topological polar surface area (TPSA) is 30.7 Å². The van der Waals surface area contributed by atoms with Gasteiger partial charge < -0.3 is 0 Å². The summed E-state index contributed by atoms with van der Waals surface area (Å²) in [7, 11) is 0. The first kappa shape index (κ1) is 12.2. The van der Waals surface area contributed by atoms with Crippen LogP contribution in [0.5, 0.6) is 0 Å². The molecule has 1 aromatic heterocycles. The quantitative estimate of drug-likeness (QED) is 0.765. The summed E-state index contributed by atoms with van der Waals surface area (Å²) in [5.41, 5.74) is 1.32. The van der Waals surface area contributed by atoms with Gasteiger partial charge in [0.15, 0.2) is 0 Å². The highest BCUT2D eigenvalue weighted by Crippen LogP contribution is 2.31. The van der Waals surface area contributed by atoms with E-state index in [1.54, 1.807) is 0 Å². The van der Waals surface area contributed by atoms with Crippen LogP contribution in [0.25, 0.3) is 0 Å². The second-order valence-electron chi connectivity index (χ2n) is 5.92. The van der Waals surface area contributed by atoms with E-state index >= 15 is 0 Å². The molecule has 0 N–H and O–H groups in total. The van der Waals surface area contributed by atoms with E-state index in [0.29, 0.717) is 17.4 Å². The largest absolute Gasteiger partial charge is 0.249 e. The molecule has 0 bridgehead atoms. The zero-order chi connectivity index (χ0) is 11.6. The van der Waals surface area contributed by atoms with E-state index in [2.05, 4.69) is 44.9 Å². The molecular weight excluding hydrogens is 186 g/mol. The van der Waals surface area contributed by atoms with Crippen molar-refractivity contribution < 1.29 is 0 Å². The molecule has 3 nitrogen and oxygen atoms in total. The van der Waals surface area contributed by atoms with Crippen molar-refractivity contribution in [2.24, 2.45) is 11.3 Å². The van der Waals surface area contributed by atoms with Crippen molar-refractivity contribution in [3.8, 4) is 0 Å². The highest BCUT2D eigenvalue weighted by Gasteiger charge is 2.23. The SMILES string of the molecule is Cc1cn(C(CC(C)(C)C)C(C)C)nn1. The Kier molecular flexibility index (Phi) is 3.53. The molecule has 0 aromatic carbocycles. The Labute approximate surface area is 92.9 Å². The van der Waals surface area contributed by atoms with Crippen LogP contribution in [0, 0.1) is 18.3 Å². The van der Waals surface area contributed by atoms with Gasteiger partial charge in [0, 0.05) is 6.20 Å². The van der Waals surface area contributed by atoms with Crippen LogP contribution in [0.15, 0.2) is 6.20 Å². The summed E-state index contributed by atoms with van der Waals surface area (Å²) in [5, 5.41) is 8.25. The first-order chi connectivity index (χ1) is 6.79. The fraction of sp³-hybridized carbons (Fsp3) is 0.833. The smallest absolute Gasteiger partial charge is 0.0796 e. The fourth-order valence-electron chi connectivity index (χ4n) is 1.79. The maximum Gasteiger partial charge on any atom is 0.0796 e. The molecular formula is C12H23N3. The fourth-order valence-corrected chi connectivity index (χ4v) is 1.79. The minimum absolute atomic E-state index is 0.328. The summed E-state index contributed by atoms with van der Waals surface area (Å²) in [6, 6.07) is 0.450. The molecule has 1 rings (SSSR count). The van der Waals surface area contributed by atoms with Gasteiger partial charge in [-0.25, -0.2) is 4.68 Å². The Morgan fingerprint density at radius 1 is 1.33 bits per heavy atom. The number of aromatic nitrogens is 3. The average Bonchev–Trinajstić information content (AvgIpc) is 2.45. The summed E-state index contributed by atoms with van der Waals surface area (Å²) in [6.45, 7) is 13.3. The van der Waals surface area contributed by atoms with Crippen molar-refractivity contribution in [2.45, 2.75) is 54.0 Å². The average molecular weight is 209 g/mol. The lowest BCUT2D eigenvalue weighted by molar-refractivity contribution is 0.227. The van der Waals surface area contributed by atoms with Gasteiger partial charge in [-0.15, -0.1) is 5.10 Å². The Hall–Kier alpha value is -0.860. The van der Waals surface area contributed by atoms with E-state index in [1.165, 1.54) is 0 Å². The number of aryl methyl sites for hydroxylation is 1. The van der Waals surface area contributed by atoms with E-state index < -0.39 is 0 Å². The van der Waals surface area contributed by atoms with Crippen LogP contribution in [-0.2, 0) is 0 Å². The summed E-state index contributed by atoms with van der Waals surface area (Å²) in [5.74, 6) is 0.588. The molecule has 0 aliphatic carbocycles. The number of hydrogen-bond donors (Lipinski definition) is 0. The van der Waals surface area contributed by atoms with Gasteiger partial charge in [0.05, 0.1) is 11.7 Å². The molecule has 1 aromatic rings. The van der Waals surface area contributed by atoms with E-state index in [-0.39, 0.29) is 0 Å². The van der Waals surface area contributed by atoms with Crippen LogP contribution in [0.2, 0.25) is 0 Å². The molecule has 0 aliphatic heterocycles. The third-order valence-electron chi connectivity index (χ3n) is 2.56. The molecule has 0 saturated carbocycles. The van der Waals surface area contributed by atoms with E-state index in [4.69, 9.17) is 0 Å². The van der Waals surface area contributed by atoms with Crippen molar-refractivity contribution in [1.29, 1.82) is 0 Å². The lowest BCUT2D eigenvalue weighted by Gasteiger charge is -2.28. The maximum absolute atomic E-state index is 4.19. The lowest BCUT2D eigenvalue weighted by atomic mass is 9.84. The number of rotatable bonds is 3. The molecule has 3 heteroatoms. The van der Waals surface area contributed by atoms with Crippen molar-refractivity contribution in [3.05, 3.63) is 11.9 Å². The van der Waals surface area contributed by atoms with Gasteiger partial charge in [-0.2, -0.15) is 0 Å². The third kappa shape index (κ3) is 3.65. The molecule has 0 amide bonds. The molecule has 0 fully saturated rings. The minimum atomic E-state index is 0.328. The van der Waals surface area contributed by atoms with Gasteiger partial charge in [-0.05, 0) is 24.7 Å². The van der Waals surface area contributed by atoms with Gasteiger partial charge in [0.1, 0.15) is 0 Å². The lowest BCUT2D eigenvalue weighted by Crippen LogP contribution is -2.22. The highest BCUT2D eigenvalue weighted by molar-refractivity contribution is 4.90. The molecule has 0 radical (unpaired) electrons. The minimum Gasteiger partial charge on any atom is -0.249 e. The van der Waals surface area contributed by atoms with Gasteiger partial charge in [-0.3, -0.25) is 0 Å². The Bertz CT molecular complexity index is 307. The summed E-state index contributed by atoms with van der Waals surface area (Å²) in [4.78, 5) is 0. The third-order valence-corrected chi connectivity index (χ3v) is 2.56. The summed E-state index contributed by atoms with van der Waals surface area (Å²) < 4.78 is 2.02. The van der Waals surface area contributed by atoms with E-state index in [9.17, 15) is 0 Å². The van der Waals surface area contributed by atoms with Gasteiger partial charge in [0.2, 0.25) is 0 Å². The molecule has 1 unspecified atom stereocenters. The van der Waals surface area contributed by atoms with Crippen molar-refractivity contribution in [2.75, 3.05) is 0 Å². The standard InChI is InChI=1S/C12H23N3/c1-9(2)11(7-12(4,5)6)15-8-10(3)13-14-15/h8-9,11H,7H2,1-6H3. The van der Waals surface area contributed by atoms with Gasteiger partial charge >= 0.3 is 0 Å². The van der Waals surface area contributed by atoms with E-state index in [0.717, 1.165) is 12.1 Å². The maximum atomic E-state index is 4.19. The zero-order valence-electron chi connectivity index (χ0n) is 10.8. The molecule has 0 saturated heterocycles. The van der Waals surface area contributed by atoms with Crippen molar-refractivity contribution >= 4 is 0 Å². The second kappa shape index (κ2) is 4.33. The highest BCUT2D eigenvalue weighted by atomic mass is 15.4. The molecule has 15 heavy (non-hydrogen) atoms. The van der Waals surface area contributed by atoms with Crippen LogP contribution < -0.4 is 0 Å². The molecule has 1 atom stereocenters. The molecule has 86 valence electrons. The predicted octanol–water partition coefficient (Wildman–Crippen LogP) is 3.22. The first-order valence-electron chi connectivity index (χ1n) is 5.68. The second-order valence-corrected chi connectivity index (χ2v) is 5.92. The molecule has 0 aliphatic rings. The van der Waals surface area contributed by atoms with Crippen molar-refractivity contribution in [1.82, 2.24) is 15.0 Å².